The van der Waals surface area contributed by atoms with Gasteiger partial charge in [-0.05, 0) is 27.8 Å². The van der Waals surface area contributed by atoms with Crippen LogP contribution in [-0.4, -0.2) is 53.7 Å². The van der Waals surface area contributed by atoms with Crippen LogP contribution in [0.15, 0.2) is 17.2 Å². The second kappa shape index (κ2) is 5.54. The van der Waals surface area contributed by atoms with Gasteiger partial charge < -0.3 is 20.1 Å². The smallest absolute Gasteiger partial charge is 0.293 e. The Balaban J connectivity index is 2.40. The number of hydrogen-bond acceptors (Lipinski definition) is 5. The molecule has 1 aliphatic rings. The predicted molar refractivity (Wildman–Crippen MR) is 81.2 cm³/mol. The Morgan fingerprint density at radius 2 is 2.10 bits per heavy atom. The Hall–Kier alpha value is -1.40. The number of nitrogens with two attached hydrogens (primary N) is 1. The van der Waals surface area contributed by atoms with E-state index in [4.69, 9.17) is 5.73 Å². The molecule has 2 rings (SSSR count). The standard InChI is InChI=1S/C14H25N5O/c1-14(2,3)19-6-5-16-12(13(19)20)18-8-7-17(4)10-11(18)9-15/h5-6,11H,7-10,15H2,1-4H3. The van der Waals surface area contributed by atoms with E-state index in [2.05, 4.69) is 21.8 Å². The molecule has 2 N–H and O–H groups in total. The van der Waals surface area contributed by atoms with Crippen LogP contribution in [0.2, 0.25) is 0 Å². The molecule has 0 aliphatic carbocycles. The molecule has 20 heavy (non-hydrogen) atoms. The van der Waals surface area contributed by atoms with Gasteiger partial charge in [-0.1, -0.05) is 0 Å². The van der Waals surface area contributed by atoms with Gasteiger partial charge in [-0.15, -0.1) is 0 Å². The van der Waals surface area contributed by atoms with Gasteiger partial charge in [-0.2, -0.15) is 0 Å². The summed E-state index contributed by atoms with van der Waals surface area (Å²) in [4.78, 5) is 21.3. The number of likely N-dealkylation sites (N-methyl/N-ethyl adjacent to an activating group) is 1. The lowest BCUT2D eigenvalue weighted by molar-refractivity contribution is 0.267. The first-order chi connectivity index (χ1) is 9.34. The van der Waals surface area contributed by atoms with Crippen LogP contribution in [0.1, 0.15) is 20.8 Å². The van der Waals surface area contributed by atoms with Crippen molar-refractivity contribution in [3.63, 3.8) is 0 Å². The minimum absolute atomic E-state index is 0.0389. The van der Waals surface area contributed by atoms with E-state index in [1.165, 1.54) is 0 Å². The van der Waals surface area contributed by atoms with Crippen molar-refractivity contribution in [3.05, 3.63) is 22.7 Å². The molecule has 1 unspecified atom stereocenters. The van der Waals surface area contributed by atoms with E-state index in [1.54, 1.807) is 17.0 Å². The second-order valence-corrected chi connectivity index (χ2v) is 6.44. The molecule has 0 bridgehead atoms. The molecule has 0 spiro atoms. The lowest BCUT2D eigenvalue weighted by Crippen LogP contribution is -2.57. The fourth-order valence-corrected chi connectivity index (χ4v) is 2.62. The highest BCUT2D eigenvalue weighted by Crippen LogP contribution is 2.16. The summed E-state index contributed by atoms with van der Waals surface area (Å²) in [7, 11) is 2.08. The van der Waals surface area contributed by atoms with Crippen molar-refractivity contribution < 1.29 is 0 Å². The third-order valence-electron chi connectivity index (χ3n) is 3.78. The molecule has 0 aromatic carbocycles. The summed E-state index contributed by atoms with van der Waals surface area (Å²) < 4.78 is 1.74. The van der Waals surface area contributed by atoms with Crippen LogP contribution in [0.3, 0.4) is 0 Å². The molecule has 2 heterocycles. The lowest BCUT2D eigenvalue weighted by atomic mass is 10.1. The molecule has 6 heteroatoms. The number of aromatic nitrogens is 2. The molecular weight excluding hydrogens is 254 g/mol. The van der Waals surface area contributed by atoms with E-state index < -0.39 is 0 Å². The minimum Gasteiger partial charge on any atom is -0.345 e. The zero-order chi connectivity index (χ0) is 14.9. The predicted octanol–water partition coefficient (Wildman–Crippen LogP) is 0.0774. The summed E-state index contributed by atoms with van der Waals surface area (Å²) in [5, 5.41) is 0. The molecule has 1 aromatic rings. The van der Waals surface area contributed by atoms with Crippen molar-refractivity contribution in [2.45, 2.75) is 32.4 Å². The van der Waals surface area contributed by atoms with Crippen LogP contribution < -0.4 is 16.2 Å². The summed E-state index contributed by atoms with van der Waals surface area (Å²) >= 11 is 0. The summed E-state index contributed by atoms with van der Waals surface area (Å²) in [6.07, 6.45) is 3.45. The first-order valence-corrected chi connectivity index (χ1v) is 7.08. The van der Waals surface area contributed by atoms with Gasteiger partial charge in [0.25, 0.3) is 5.56 Å². The monoisotopic (exact) mass is 279 g/mol. The zero-order valence-electron chi connectivity index (χ0n) is 12.8. The van der Waals surface area contributed by atoms with Gasteiger partial charge in [-0.3, -0.25) is 4.79 Å². The quantitative estimate of drug-likeness (QED) is 0.830. The van der Waals surface area contributed by atoms with E-state index >= 15 is 0 Å². The molecule has 1 fully saturated rings. The largest absolute Gasteiger partial charge is 0.345 e. The van der Waals surface area contributed by atoms with Crippen molar-refractivity contribution in [2.24, 2.45) is 5.73 Å². The Morgan fingerprint density at radius 3 is 2.70 bits per heavy atom. The average molecular weight is 279 g/mol. The maximum Gasteiger partial charge on any atom is 0.293 e. The molecule has 1 saturated heterocycles. The highest BCUT2D eigenvalue weighted by molar-refractivity contribution is 5.38. The molecule has 0 amide bonds. The topological polar surface area (TPSA) is 67.4 Å². The van der Waals surface area contributed by atoms with Gasteiger partial charge in [0.05, 0.1) is 6.04 Å². The molecule has 1 aromatic heterocycles. The number of hydrogen-bond donors (Lipinski definition) is 1. The first-order valence-electron chi connectivity index (χ1n) is 7.08. The summed E-state index contributed by atoms with van der Waals surface area (Å²) in [6, 6.07) is 0.143. The van der Waals surface area contributed by atoms with Crippen molar-refractivity contribution in [1.29, 1.82) is 0 Å². The number of rotatable bonds is 2. The van der Waals surface area contributed by atoms with Crippen LogP contribution in [0.4, 0.5) is 5.82 Å². The summed E-state index contributed by atoms with van der Waals surface area (Å²) in [5.74, 6) is 0.519. The van der Waals surface area contributed by atoms with Crippen molar-refractivity contribution in [3.8, 4) is 0 Å². The van der Waals surface area contributed by atoms with Gasteiger partial charge >= 0.3 is 0 Å². The number of piperazine rings is 1. The van der Waals surface area contributed by atoms with E-state index in [0.29, 0.717) is 12.4 Å². The fraction of sp³-hybridized carbons (Fsp3) is 0.714. The molecule has 112 valence electrons. The normalized spacial score (nSPS) is 21.2. The maximum absolute atomic E-state index is 12.7. The highest BCUT2D eigenvalue weighted by Gasteiger charge is 2.28. The second-order valence-electron chi connectivity index (χ2n) is 6.44. The molecule has 0 saturated carbocycles. The van der Waals surface area contributed by atoms with E-state index in [0.717, 1.165) is 19.6 Å². The Bertz CT molecular complexity index is 519. The first kappa shape index (κ1) is 15.0. The SMILES string of the molecule is CN1CCN(c2nccn(C(C)(C)C)c2=O)C(CN)C1. The highest BCUT2D eigenvalue weighted by atomic mass is 16.1. The van der Waals surface area contributed by atoms with E-state index in [-0.39, 0.29) is 17.1 Å². The van der Waals surface area contributed by atoms with Crippen molar-refractivity contribution in [1.82, 2.24) is 14.5 Å². The third-order valence-corrected chi connectivity index (χ3v) is 3.78. The van der Waals surface area contributed by atoms with Crippen LogP contribution in [0.5, 0.6) is 0 Å². The molecular formula is C14H25N5O. The van der Waals surface area contributed by atoms with E-state index in [9.17, 15) is 4.79 Å². The van der Waals surface area contributed by atoms with Gasteiger partial charge in [0, 0.05) is 44.1 Å². The van der Waals surface area contributed by atoms with Crippen LogP contribution in [0, 0.1) is 0 Å². The third kappa shape index (κ3) is 2.86. The van der Waals surface area contributed by atoms with Gasteiger partial charge in [0.2, 0.25) is 0 Å². The Morgan fingerprint density at radius 1 is 1.40 bits per heavy atom. The molecule has 6 nitrogen and oxygen atoms in total. The van der Waals surface area contributed by atoms with Gasteiger partial charge in [0.15, 0.2) is 5.82 Å². The van der Waals surface area contributed by atoms with Crippen LogP contribution >= 0.6 is 0 Å². The zero-order valence-corrected chi connectivity index (χ0v) is 12.8. The van der Waals surface area contributed by atoms with Crippen molar-refractivity contribution in [2.75, 3.05) is 38.1 Å². The molecule has 1 atom stereocenters. The minimum atomic E-state index is -0.250. The Kier molecular flexibility index (Phi) is 4.15. The maximum atomic E-state index is 12.7. The summed E-state index contributed by atoms with van der Waals surface area (Å²) in [6.45, 7) is 9.14. The van der Waals surface area contributed by atoms with Gasteiger partial charge in [0.1, 0.15) is 0 Å². The van der Waals surface area contributed by atoms with E-state index in [1.807, 2.05) is 20.8 Å². The fourth-order valence-electron chi connectivity index (χ4n) is 2.62. The molecule has 1 aliphatic heterocycles. The number of nitrogens with zero attached hydrogens (tertiary/aromatic N) is 4. The van der Waals surface area contributed by atoms with Gasteiger partial charge in [-0.25, -0.2) is 4.98 Å². The summed E-state index contributed by atoms with van der Waals surface area (Å²) in [5.41, 5.74) is 5.57. The Labute approximate surface area is 120 Å². The van der Waals surface area contributed by atoms with Crippen LogP contribution in [-0.2, 0) is 5.54 Å². The average Bonchev–Trinajstić information content (AvgIpc) is 2.38. The lowest BCUT2D eigenvalue weighted by Gasteiger charge is -2.40. The van der Waals surface area contributed by atoms with Crippen LogP contribution in [0.25, 0.3) is 0 Å². The van der Waals surface area contributed by atoms with Crippen molar-refractivity contribution >= 4 is 5.82 Å². The number of anilines is 1. The molecule has 0 radical (unpaired) electrons.